The van der Waals surface area contributed by atoms with Crippen LogP contribution in [0.5, 0.6) is 0 Å². The van der Waals surface area contributed by atoms with E-state index in [4.69, 9.17) is 0 Å². The van der Waals surface area contributed by atoms with Crippen molar-refractivity contribution in [3.05, 3.63) is 63.5 Å². The fourth-order valence-electron chi connectivity index (χ4n) is 4.46. The molecule has 1 saturated heterocycles. The predicted molar refractivity (Wildman–Crippen MR) is 128 cm³/mol. The van der Waals surface area contributed by atoms with Gasteiger partial charge in [0.25, 0.3) is 5.91 Å². The number of aromatic nitrogens is 2. The average molecular weight is 576 g/mol. The molecule has 3 aromatic rings. The van der Waals surface area contributed by atoms with Crippen LogP contribution in [0.25, 0.3) is 16.7 Å². The van der Waals surface area contributed by atoms with E-state index in [1.54, 1.807) is 5.32 Å². The molecule has 1 amide bonds. The quantitative estimate of drug-likeness (QED) is 0.390. The molecule has 3 N–H and O–H groups in total. The zero-order chi connectivity index (χ0) is 29.7. The molecule has 1 unspecified atom stereocenters. The smallest absolute Gasteiger partial charge is 0.389 e. The molecule has 0 radical (unpaired) electrons. The van der Waals surface area contributed by atoms with Crippen LogP contribution >= 0.6 is 0 Å². The number of aliphatic hydroxyl groups excluding tert-OH is 2. The van der Waals surface area contributed by atoms with Crippen LogP contribution in [0.3, 0.4) is 0 Å². The maximum atomic E-state index is 15.1. The summed E-state index contributed by atoms with van der Waals surface area (Å²) in [7, 11) is 0. The van der Waals surface area contributed by atoms with Crippen molar-refractivity contribution in [2.75, 3.05) is 18.0 Å². The Morgan fingerprint density at radius 3 is 2.15 bits per heavy atom. The molecule has 0 bridgehead atoms. The number of carbonyl (C=O) groups is 1. The Morgan fingerprint density at radius 2 is 1.62 bits per heavy atom. The molecule has 1 aliphatic rings. The minimum atomic E-state index is -4.90. The number of hydrogen-bond donors (Lipinski definition) is 3. The molecule has 15 heteroatoms. The number of hydrogen-bond acceptors (Lipinski definition) is 6. The Kier molecular flexibility index (Phi) is 7.82. The lowest BCUT2D eigenvalue weighted by molar-refractivity contribution is -0.156. The van der Waals surface area contributed by atoms with Crippen LogP contribution in [0.15, 0.2) is 29.2 Å². The first-order valence-electron chi connectivity index (χ1n) is 12.0. The van der Waals surface area contributed by atoms with E-state index in [2.05, 4.69) is 4.98 Å². The maximum absolute atomic E-state index is 15.1. The van der Waals surface area contributed by atoms with E-state index in [1.807, 2.05) is 0 Å². The van der Waals surface area contributed by atoms with Gasteiger partial charge in [-0.2, -0.15) is 13.2 Å². The lowest BCUT2D eigenvalue weighted by atomic mass is 10.0. The second-order valence-electron chi connectivity index (χ2n) is 9.86. The van der Waals surface area contributed by atoms with Crippen LogP contribution in [0.2, 0.25) is 0 Å². The second-order valence-corrected chi connectivity index (χ2v) is 9.86. The van der Waals surface area contributed by atoms with Gasteiger partial charge in [0.05, 0.1) is 17.6 Å². The third kappa shape index (κ3) is 5.61. The first kappa shape index (κ1) is 29.3. The lowest BCUT2D eigenvalue weighted by Gasteiger charge is -2.24. The maximum Gasteiger partial charge on any atom is 0.408 e. The highest BCUT2D eigenvalue weighted by molar-refractivity contribution is 5.97. The van der Waals surface area contributed by atoms with Crippen LogP contribution in [0.1, 0.15) is 30.6 Å². The number of alkyl halides is 3. The molecule has 40 heavy (non-hydrogen) atoms. The molecule has 1 aliphatic heterocycles. The fourth-order valence-corrected chi connectivity index (χ4v) is 4.46. The Hall–Kier alpha value is -3.72. The number of benzene rings is 1. The van der Waals surface area contributed by atoms with Crippen molar-refractivity contribution in [2.45, 2.75) is 44.7 Å². The third-order valence-corrected chi connectivity index (χ3v) is 6.35. The van der Waals surface area contributed by atoms with E-state index in [1.165, 1.54) is 13.8 Å². The van der Waals surface area contributed by atoms with Crippen molar-refractivity contribution < 1.29 is 45.7 Å². The van der Waals surface area contributed by atoms with E-state index in [0.29, 0.717) is 16.8 Å². The molecule has 216 valence electrons. The lowest BCUT2D eigenvalue weighted by Crippen LogP contribution is -2.47. The van der Waals surface area contributed by atoms with Gasteiger partial charge in [0.2, 0.25) is 5.43 Å². The Bertz CT molecular complexity index is 1490. The van der Waals surface area contributed by atoms with Crippen LogP contribution in [-0.2, 0) is 0 Å². The number of rotatable bonds is 6. The predicted octanol–water partition coefficient (Wildman–Crippen LogP) is 3.19. The SMILES string of the molecule is CC(C)CC(NC(=O)c1cn(-c2c(F)cc(F)cc2F)c2nc(N3C[C@@H](O)[C@H](O)C3)c(F)cc2c1=O)C(F)(F)F. The van der Waals surface area contributed by atoms with Crippen LogP contribution in [-0.4, -0.2) is 63.2 Å². The fraction of sp³-hybridized carbons (Fsp3) is 0.400. The first-order valence-corrected chi connectivity index (χ1v) is 12.0. The number of β-amino-alcohol motifs (C(OH)–C–C–N with tert-alkyl or cyclic N) is 2. The molecule has 1 fully saturated rings. The van der Waals surface area contributed by atoms with Gasteiger partial charge in [-0.3, -0.25) is 14.2 Å². The molecule has 3 atom stereocenters. The summed E-state index contributed by atoms with van der Waals surface area (Å²) in [6, 6.07) is -1.25. The highest BCUT2D eigenvalue weighted by Crippen LogP contribution is 2.29. The van der Waals surface area contributed by atoms with E-state index >= 15 is 4.39 Å². The number of nitrogens with zero attached hydrogens (tertiary/aromatic N) is 3. The largest absolute Gasteiger partial charge is 0.408 e. The Balaban J connectivity index is 1.96. The minimum absolute atomic E-state index is 0.280. The molecule has 2 aromatic heterocycles. The van der Waals surface area contributed by atoms with Gasteiger partial charge in [-0.05, 0) is 18.4 Å². The van der Waals surface area contributed by atoms with Crippen LogP contribution in [0, 0.1) is 29.2 Å². The minimum Gasteiger partial charge on any atom is -0.389 e. The summed E-state index contributed by atoms with van der Waals surface area (Å²) in [5.74, 6) is -8.18. The molecule has 0 saturated carbocycles. The number of anilines is 1. The number of fused-ring (bicyclic) bond motifs is 1. The van der Waals surface area contributed by atoms with Crippen molar-refractivity contribution in [1.29, 1.82) is 0 Å². The summed E-state index contributed by atoms with van der Waals surface area (Å²) < 4.78 is 99.6. The zero-order valence-corrected chi connectivity index (χ0v) is 20.9. The molecule has 3 heterocycles. The van der Waals surface area contributed by atoms with Gasteiger partial charge >= 0.3 is 6.18 Å². The van der Waals surface area contributed by atoms with Crippen molar-refractivity contribution in [2.24, 2.45) is 5.92 Å². The van der Waals surface area contributed by atoms with Gasteiger partial charge in [-0.25, -0.2) is 22.5 Å². The normalized spacial score (nSPS) is 18.6. The Morgan fingerprint density at radius 1 is 1.05 bits per heavy atom. The summed E-state index contributed by atoms with van der Waals surface area (Å²) in [4.78, 5) is 31.2. The number of carbonyl (C=O) groups excluding carboxylic acids is 1. The van der Waals surface area contributed by atoms with E-state index in [9.17, 15) is 46.1 Å². The average Bonchev–Trinajstić information content (AvgIpc) is 3.16. The molecule has 0 spiro atoms. The number of pyridine rings is 2. The van der Waals surface area contributed by atoms with Gasteiger partial charge in [0.15, 0.2) is 28.9 Å². The summed E-state index contributed by atoms with van der Waals surface area (Å²) in [5.41, 5.74) is -4.00. The molecular formula is C25H23F7N4O4. The van der Waals surface area contributed by atoms with E-state index in [-0.39, 0.29) is 25.2 Å². The second kappa shape index (κ2) is 10.7. The highest BCUT2D eigenvalue weighted by atomic mass is 19.4. The highest BCUT2D eigenvalue weighted by Gasteiger charge is 2.41. The number of nitrogens with one attached hydrogen (secondary N) is 1. The van der Waals surface area contributed by atoms with Gasteiger partial charge in [0.1, 0.15) is 23.1 Å². The van der Waals surface area contributed by atoms with Gasteiger partial charge in [0, 0.05) is 31.4 Å². The summed E-state index contributed by atoms with van der Waals surface area (Å²) >= 11 is 0. The van der Waals surface area contributed by atoms with Crippen molar-refractivity contribution in [3.8, 4) is 5.69 Å². The topological polar surface area (TPSA) is 108 Å². The summed E-state index contributed by atoms with van der Waals surface area (Å²) in [6.07, 6.45) is -7.50. The standard InChI is InChI=1S/C25H23F7N4O4/c1-10(2)3-19(25(30,31)32)33-24(40)13-7-36(20-14(27)4-11(26)5-15(20)28)22-12(21(13)39)6-16(29)23(34-22)35-8-17(37)18(38)9-35/h4-7,10,17-19,37-38H,3,8-9H2,1-2H3,(H,33,40)/t17-,18-,19?/m1/s1. The number of aliphatic hydroxyl groups is 2. The first-order chi connectivity index (χ1) is 18.6. The number of amides is 1. The van der Waals surface area contributed by atoms with Crippen molar-refractivity contribution in [3.63, 3.8) is 0 Å². The Labute approximate surface area is 221 Å². The zero-order valence-electron chi connectivity index (χ0n) is 20.9. The molecule has 8 nitrogen and oxygen atoms in total. The van der Waals surface area contributed by atoms with Crippen LogP contribution < -0.4 is 15.6 Å². The van der Waals surface area contributed by atoms with Gasteiger partial charge < -0.3 is 20.4 Å². The monoisotopic (exact) mass is 576 g/mol. The summed E-state index contributed by atoms with van der Waals surface area (Å²) in [6.45, 7) is 2.35. The molecule has 1 aromatic carbocycles. The van der Waals surface area contributed by atoms with Crippen molar-refractivity contribution >= 4 is 22.8 Å². The van der Waals surface area contributed by atoms with E-state index < -0.39 is 99.5 Å². The molecule has 0 aliphatic carbocycles. The van der Waals surface area contributed by atoms with Crippen LogP contribution in [0.4, 0.5) is 36.6 Å². The van der Waals surface area contributed by atoms with Gasteiger partial charge in [-0.15, -0.1) is 0 Å². The molecule has 4 rings (SSSR count). The third-order valence-electron chi connectivity index (χ3n) is 6.35. The van der Waals surface area contributed by atoms with E-state index in [0.717, 1.165) is 4.90 Å². The van der Waals surface area contributed by atoms with Crippen molar-refractivity contribution in [1.82, 2.24) is 14.9 Å². The number of halogens is 7. The van der Waals surface area contributed by atoms with Gasteiger partial charge in [-0.1, -0.05) is 13.8 Å². The summed E-state index contributed by atoms with van der Waals surface area (Å²) in [5, 5.41) is 20.6. The molecular weight excluding hydrogens is 553 g/mol.